The van der Waals surface area contributed by atoms with E-state index in [9.17, 15) is 14.0 Å². The van der Waals surface area contributed by atoms with Gasteiger partial charge in [0.05, 0.1) is 11.2 Å². The van der Waals surface area contributed by atoms with Gasteiger partial charge in [-0.1, -0.05) is 0 Å². The molecule has 0 unspecified atom stereocenters. The molecule has 1 aromatic carbocycles. The Balaban J connectivity index is 1.81. The number of carbonyl (C=O) groups excluding carboxylic acids is 2. The fraction of sp³-hybridized carbons (Fsp3) is 0.474. The van der Waals surface area contributed by atoms with Gasteiger partial charge in [0.15, 0.2) is 5.57 Å². The lowest BCUT2D eigenvalue weighted by Crippen LogP contribution is -2.42. The van der Waals surface area contributed by atoms with Crippen LogP contribution in [0.1, 0.15) is 41.5 Å². The van der Waals surface area contributed by atoms with Crippen LogP contribution < -0.4 is 10.8 Å². The van der Waals surface area contributed by atoms with E-state index in [1.165, 1.54) is 38.2 Å². The Morgan fingerprint density at radius 1 is 0.964 bits per heavy atom. The highest BCUT2D eigenvalue weighted by molar-refractivity contribution is 6.62. The van der Waals surface area contributed by atoms with Crippen LogP contribution in [0.15, 0.2) is 30.0 Å². The number of hydrogen-bond donors (Lipinski definition) is 1. The molecule has 2 heterocycles. The molecule has 0 saturated carbocycles. The van der Waals surface area contributed by atoms with Crippen LogP contribution in [0, 0.1) is 5.82 Å². The highest BCUT2D eigenvalue weighted by Gasteiger charge is 2.52. The average Bonchev–Trinajstić information content (AvgIpc) is 2.74. The molecule has 0 aromatic heterocycles. The van der Waals surface area contributed by atoms with E-state index in [2.05, 4.69) is 5.32 Å². The van der Waals surface area contributed by atoms with Gasteiger partial charge in [0, 0.05) is 31.2 Å². The summed E-state index contributed by atoms with van der Waals surface area (Å²) in [5, 5.41) is 2.79. The number of carbonyl (C=O) groups is 2. The molecule has 28 heavy (non-hydrogen) atoms. The van der Waals surface area contributed by atoms with E-state index in [1.807, 2.05) is 27.7 Å². The Kier molecular flexibility index (Phi) is 4.80. The molecule has 2 fully saturated rings. The number of cyclic esters (lactones) is 2. The summed E-state index contributed by atoms with van der Waals surface area (Å²) in [6, 6.07) is 4.21. The minimum atomic E-state index is -1.31. The molecule has 0 spiro atoms. The third kappa shape index (κ3) is 3.77. The highest BCUT2D eigenvalue weighted by atomic mass is 19.1. The Morgan fingerprint density at radius 2 is 1.50 bits per heavy atom. The zero-order chi connectivity index (χ0) is 20.9. The van der Waals surface area contributed by atoms with Gasteiger partial charge in [-0.15, -0.1) is 0 Å². The maximum absolute atomic E-state index is 14.4. The molecule has 150 valence electrons. The lowest BCUT2D eigenvalue weighted by molar-refractivity contribution is -0.222. The quantitative estimate of drug-likeness (QED) is 0.366. The van der Waals surface area contributed by atoms with Gasteiger partial charge in [0.2, 0.25) is 0 Å². The second kappa shape index (κ2) is 6.60. The van der Waals surface area contributed by atoms with Crippen LogP contribution in [0.5, 0.6) is 0 Å². The maximum atomic E-state index is 14.4. The second-order valence-electron chi connectivity index (χ2n) is 8.21. The molecule has 2 aliphatic rings. The van der Waals surface area contributed by atoms with Gasteiger partial charge < -0.3 is 24.1 Å². The number of rotatable bonds is 3. The SMILES string of the molecule is CC1(C)OC(=O)C(=CNc2ccc(F)c(B3OC(C)(C)C(C)(C)O3)c2)C(=O)O1. The molecule has 2 aliphatic heterocycles. The van der Waals surface area contributed by atoms with Crippen molar-refractivity contribution in [3.63, 3.8) is 0 Å². The van der Waals surface area contributed by atoms with Crippen molar-refractivity contribution in [1.82, 2.24) is 0 Å². The minimum Gasteiger partial charge on any atom is -0.419 e. The van der Waals surface area contributed by atoms with E-state index in [4.69, 9.17) is 18.8 Å². The first kappa shape index (κ1) is 20.4. The predicted octanol–water partition coefficient (Wildman–Crippen LogP) is 2.26. The first-order valence-corrected chi connectivity index (χ1v) is 8.90. The Hall–Kier alpha value is -2.39. The van der Waals surface area contributed by atoms with Crippen LogP contribution in [-0.4, -0.2) is 36.0 Å². The van der Waals surface area contributed by atoms with Crippen molar-refractivity contribution in [2.24, 2.45) is 0 Å². The van der Waals surface area contributed by atoms with Crippen molar-refractivity contribution >= 4 is 30.2 Å². The number of anilines is 1. The lowest BCUT2D eigenvalue weighted by Gasteiger charge is -2.32. The van der Waals surface area contributed by atoms with E-state index < -0.39 is 41.9 Å². The number of halogens is 1. The van der Waals surface area contributed by atoms with Gasteiger partial charge in [0.25, 0.3) is 5.79 Å². The lowest BCUT2D eigenvalue weighted by atomic mass is 9.78. The summed E-state index contributed by atoms with van der Waals surface area (Å²) in [5.41, 5.74) is -0.877. The Bertz CT molecular complexity index is 826. The normalized spacial score (nSPS) is 22.5. The summed E-state index contributed by atoms with van der Waals surface area (Å²) >= 11 is 0. The molecule has 1 N–H and O–H groups in total. The fourth-order valence-corrected chi connectivity index (χ4v) is 2.72. The van der Waals surface area contributed by atoms with Crippen LogP contribution in [0.3, 0.4) is 0 Å². The van der Waals surface area contributed by atoms with Crippen LogP contribution in [-0.2, 0) is 28.4 Å². The highest BCUT2D eigenvalue weighted by Crippen LogP contribution is 2.36. The Labute approximate surface area is 163 Å². The average molecular weight is 391 g/mol. The van der Waals surface area contributed by atoms with Crippen LogP contribution >= 0.6 is 0 Å². The third-order valence-corrected chi connectivity index (χ3v) is 5.00. The molecular formula is C19H23BFNO6. The summed E-state index contributed by atoms with van der Waals surface area (Å²) in [7, 11) is -0.884. The zero-order valence-corrected chi connectivity index (χ0v) is 16.7. The van der Waals surface area contributed by atoms with Gasteiger partial charge in [-0.05, 0) is 45.9 Å². The zero-order valence-electron chi connectivity index (χ0n) is 16.7. The van der Waals surface area contributed by atoms with Crippen LogP contribution in [0.4, 0.5) is 10.1 Å². The van der Waals surface area contributed by atoms with Gasteiger partial charge >= 0.3 is 19.1 Å². The number of ether oxygens (including phenoxy) is 2. The van der Waals surface area contributed by atoms with E-state index in [1.54, 1.807) is 0 Å². The summed E-state index contributed by atoms with van der Waals surface area (Å²) in [5.74, 6) is -3.41. The molecule has 0 aliphatic carbocycles. The fourth-order valence-electron chi connectivity index (χ4n) is 2.72. The molecule has 0 atom stereocenters. The van der Waals surface area contributed by atoms with Crippen molar-refractivity contribution < 1.29 is 32.8 Å². The molecule has 0 amide bonds. The smallest absolute Gasteiger partial charge is 0.419 e. The van der Waals surface area contributed by atoms with E-state index in [0.717, 1.165) is 0 Å². The minimum absolute atomic E-state index is 0.206. The van der Waals surface area contributed by atoms with E-state index >= 15 is 0 Å². The summed E-state index contributed by atoms with van der Waals surface area (Å²) in [6.07, 6.45) is 1.17. The maximum Gasteiger partial charge on any atom is 0.497 e. The van der Waals surface area contributed by atoms with Crippen molar-refractivity contribution in [1.29, 1.82) is 0 Å². The monoisotopic (exact) mass is 391 g/mol. The van der Waals surface area contributed by atoms with Crippen LogP contribution in [0.2, 0.25) is 0 Å². The predicted molar refractivity (Wildman–Crippen MR) is 100 cm³/mol. The largest absolute Gasteiger partial charge is 0.497 e. The summed E-state index contributed by atoms with van der Waals surface area (Å²) in [4.78, 5) is 24.0. The van der Waals surface area contributed by atoms with Crippen LogP contribution in [0.25, 0.3) is 0 Å². The second-order valence-corrected chi connectivity index (χ2v) is 8.21. The molecule has 0 bridgehead atoms. The molecular weight excluding hydrogens is 368 g/mol. The standard InChI is InChI=1S/C19H23BFNO6/c1-17(2)18(3,4)28-20(27-17)13-9-11(7-8-14(13)21)22-10-12-15(23)25-19(5,6)26-16(12)24/h7-10,22H,1-6H3. The molecule has 3 rings (SSSR count). The molecule has 0 radical (unpaired) electrons. The first-order valence-electron chi connectivity index (χ1n) is 8.90. The first-order chi connectivity index (χ1) is 12.8. The molecule has 1 aromatic rings. The molecule has 7 nitrogen and oxygen atoms in total. The summed E-state index contributed by atoms with van der Waals surface area (Å²) < 4.78 is 36.2. The molecule has 9 heteroatoms. The van der Waals surface area contributed by atoms with Crippen molar-refractivity contribution in [2.45, 2.75) is 58.5 Å². The Morgan fingerprint density at radius 3 is 2.04 bits per heavy atom. The van der Waals surface area contributed by atoms with E-state index in [-0.39, 0.29) is 11.0 Å². The summed E-state index contributed by atoms with van der Waals surface area (Å²) in [6.45, 7) is 10.4. The van der Waals surface area contributed by atoms with Gasteiger partial charge in [-0.2, -0.15) is 0 Å². The molecule has 2 saturated heterocycles. The van der Waals surface area contributed by atoms with Gasteiger partial charge in [-0.25, -0.2) is 14.0 Å². The number of esters is 2. The number of hydrogen-bond acceptors (Lipinski definition) is 7. The van der Waals surface area contributed by atoms with Crippen molar-refractivity contribution in [3.05, 3.63) is 35.8 Å². The topological polar surface area (TPSA) is 83.1 Å². The number of nitrogens with one attached hydrogen (secondary N) is 1. The number of benzene rings is 1. The van der Waals surface area contributed by atoms with Crippen molar-refractivity contribution in [2.75, 3.05) is 5.32 Å². The third-order valence-electron chi connectivity index (χ3n) is 5.00. The van der Waals surface area contributed by atoms with Gasteiger partial charge in [-0.3, -0.25) is 0 Å². The van der Waals surface area contributed by atoms with Crippen molar-refractivity contribution in [3.8, 4) is 0 Å². The van der Waals surface area contributed by atoms with Gasteiger partial charge in [0.1, 0.15) is 5.82 Å². The van der Waals surface area contributed by atoms with E-state index in [0.29, 0.717) is 5.69 Å².